The van der Waals surface area contributed by atoms with Crippen LogP contribution in [0.4, 0.5) is 0 Å². The van der Waals surface area contributed by atoms with E-state index in [-0.39, 0.29) is 12.1 Å². The Balaban J connectivity index is 1.64. The van der Waals surface area contributed by atoms with Gasteiger partial charge in [0.1, 0.15) is 5.82 Å². The third kappa shape index (κ3) is 2.17. The summed E-state index contributed by atoms with van der Waals surface area (Å²) in [5.41, 5.74) is 3.59. The van der Waals surface area contributed by atoms with Crippen molar-refractivity contribution in [3.63, 3.8) is 0 Å². The van der Waals surface area contributed by atoms with Crippen molar-refractivity contribution in [2.45, 2.75) is 57.6 Å². The van der Waals surface area contributed by atoms with E-state index < -0.39 is 0 Å². The lowest BCUT2D eigenvalue weighted by Crippen LogP contribution is -2.26. The zero-order valence-electron chi connectivity index (χ0n) is 13.1. The quantitative estimate of drug-likeness (QED) is 0.943. The van der Waals surface area contributed by atoms with Crippen LogP contribution in [0.25, 0.3) is 11.3 Å². The van der Waals surface area contributed by atoms with Gasteiger partial charge in [-0.1, -0.05) is 19.3 Å². The summed E-state index contributed by atoms with van der Waals surface area (Å²) < 4.78 is 2.28. The molecule has 4 heteroatoms. The van der Waals surface area contributed by atoms with Crippen LogP contribution in [-0.2, 0) is 0 Å². The molecule has 2 aromatic heterocycles. The molecule has 116 valence electrons. The second kappa shape index (κ2) is 5.51. The van der Waals surface area contributed by atoms with E-state index in [9.17, 15) is 5.11 Å². The Morgan fingerprint density at radius 2 is 2.09 bits per heavy atom. The number of aliphatic hydroxyl groups excluding tert-OH is 1. The summed E-state index contributed by atoms with van der Waals surface area (Å²) in [6, 6.07) is 2.30. The normalized spacial score (nSPS) is 22.4. The summed E-state index contributed by atoms with van der Waals surface area (Å²) in [6.07, 6.45) is 12.5. The van der Waals surface area contributed by atoms with Crippen LogP contribution in [0, 0.1) is 12.8 Å². The van der Waals surface area contributed by atoms with Crippen LogP contribution in [-0.4, -0.2) is 25.7 Å². The van der Waals surface area contributed by atoms with Crippen LogP contribution < -0.4 is 0 Å². The maximum absolute atomic E-state index is 10.8. The molecule has 0 bridgehead atoms. The minimum atomic E-state index is -0.223. The Kier molecular flexibility index (Phi) is 3.49. The van der Waals surface area contributed by atoms with E-state index in [1.807, 2.05) is 25.5 Å². The number of imidazole rings is 1. The molecular weight excluding hydrogens is 274 g/mol. The van der Waals surface area contributed by atoms with Gasteiger partial charge in [-0.3, -0.25) is 4.98 Å². The molecule has 1 N–H and O–H groups in total. The molecule has 1 fully saturated rings. The van der Waals surface area contributed by atoms with Gasteiger partial charge in [0.2, 0.25) is 0 Å². The molecule has 22 heavy (non-hydrogen) atoms. The highest BCUT2D eigenvalue weighted by atomic mass is 16.3. The summed E-state index contributed by atoms with van der Waals surface area (Å²) in [4.78, 5) is 8.73. The predicted molar refractivity (Wildman–Crippen MR) is 85.5 cm³/mol. The van der Waals surface area contributed by atoms with Crippen LogP contribution in [0.3, 0.4) is 0 Å². The fourth-order valence-electron chi connectivity index (χ4n) is 4.27. The fourth-order valence-corrected chi connectivity index (χ4v) is 4.27. The summed E-state index contributed by atoms with van der Waals surface area (Å²) in [5.74, 6) is 1.49. The molecule has 2 unspecified atom stereocenters. The first-order chi connectivity index (χ1) is 10.8. The van der Waals surface area contributed by atoms with E-state index in [0.29, 0.717) is 5.92 Å². The Morgan fingerprint density at radius 3 is 2.91 bits per heavy atom. The van der Waals surface area contributed by atoms with Crippen molar-refractivity contribution in [2.75, 3.05) is 0 Å². The molecule has 1 saturated carbocycles. The molecule has 2 aromatic rings. The summed E-state index contributed by atoms with van der Waals surface area (Å²) in [6.45, 7) is 2.04. The van der Waals surface area contributed by atoms with Crippen molar-refractivity contribution in [2.24, 2.45) is 5.92 Å². The average molecular weight is 297 g/mol. The van der Waals surface area contributed by atoms with Gasteiger partial charge < -0.3 is 9.67 Å². The van der Waals surface area contributed by atoms with Gasteiger partial charge in [0.05, 0.1) is 24.0 Å². The van der Waals surface area contributed by atoms with Gasteiger partial charge in [0.15, 0.2) is 0 Å². The molecule has 0 saturated heterocycles. The van der Waals surface area contributed by atoms with E-state index in [4.69, 9.17) is 0 Å². The first-order valence-corrected chi connectivity index (χ1v) is 8.42. The van der Waals surface area contributed by atoms with Gasteiger partial charge in [0, 0.05) is 18.0 Å². The summed E-state index contributed by atoms with van der Waals surface area (Å²) >= 11 is 0. The number of pyridine rings is 1. The smallest absolute Gasteiger partial charge is 0.106 e. The van der Waals surface area contributed by atoms with Crippen LogP contribution in [0.1, 0.15) is 56.0 Å². The number of hydrogen-bond acceptors (Lipinski definition) is 3. The molecule has 4 nitrogen and oxygen atoms in total. The lowest BCUT2D eigenvalue weighted by atomic mass is 9.82. The second-order valence-electron chi connectivity index (χ2n) is 6.74. The molecule has 0 aromatic carbocycles. The van der Waals surface area contributed by atoms with Crippen molar-refractivity contribution in [1.29, 1.82) is 0 Å². The minimum absolute atomic E-state index is 0.201. The van der Waals surface area contributed by atoms with Crippen LogP contribution >= 0.6 is 0 Å². The number of fused-ring (bicyclic) bond motifs is 3. The summed E-state index contributed by atoms with van der Waals surface area (Å²) in [7, 11) is 0. The molecule has 0 radical (unpaired) electrons. The molecule has 2 aliphatic rings. The lowest BCUT2D eigenvalue weighted by molar-refractivity contribution is 0.0685. The van der Waals surface area contributed by atoms with Gasteiger partial charge in [-0.15, -0.1) is 0 Å². The molecule has 1 aliphatic heterocycles. The van der Waals surface area contributed by atoms with Crippen molar-refractivity contribution in [3.05, 3.63) is 36.0 Å². The van der Waals surface area contributed by atoms with Crippen molar-refractivity contribution in [1.82, 2.24) is 14.5 Å². The van der Waals surface area contributed by atoms with E-state index in [1.165, 1.54) is 43.2 Å². The van der Waals surface area contributed by atoms with E-state index in [1.54, 1.807) is 0 Å². The maximum Gasteiger partial charge on any atom is 0.106 e. The van der Waals surface area contributed by atoms with Crippen molar-refractivity contribution < 1.29 is 5.11 Å². The second-order valence-corrected chi connectivity index (χ2v) is 6.74. The monoisotopic (exact) mass is 297 g/mol. The van der Waals surface area contributed by atoms with E-state index in [2.05, 4.69) is 20.6 Å². The molecular formula is C18H23N3O. The van der Waals surface area contributed by atoms with Gasteiger partial charge in [-0.25, -0.2) is 4.98 Å². The van der Waals surface area contributed by atoms with Gasteiger partial charge in [-0.05, 0) is 43.7 Å². The third-order valence-electron chi connectivity index (χ3n) is 5.44. The molecule has 1 aliphatic carbocycles. The zero-order chi connectivity index (χ0) is 15.1. The van der Waals surface area contributed by atoms with Crippen LogP contribution in [0.2, 0.25) is 0 Å². The Bertz CT molecular complexity index is 673. The predicted octanol–water partition coefficient (Wildman–Crippen LogP) is 3.49. The number of aliphatic hydroxyl groups is 1. The highest BCUT2D eigenvalue weighted by molar-refractivity contribution is 5.68. The Hall–Kier alpha value is -1.68. The molecule has 0 amide bonds. The van der Waals surface area contributed by atoms with E-state index in [0.717, 1.165) is 17.9 Å². The van der Waals surface area contributed by atoms with Crippen LogP contribution in [0.15, 0.2) is 24.7 Å². The largest absolute Gasteiger partial charge is 0.393 e. The van der Waals surface area contributed by atoms with E-state index >= 15 is 0 Å². The standard InChI is InChI=1S/C18H23N3O/c1-12-20-11-17-15-10-19-8-7-14(15)16(21(12)17)9-18(22)13-5-3-2-4-6-13/h7-8,10-11,13,16,18,22H,2-6,9H2,1H3. The fraction of sp³-hybridized carbons (Fsp3) is 0.556. The molecule has 4 rings (SSSR count). The molecule has 3 heterocycles. The van der Waals surface area contributed by atoms with Gasteiger partial charge in [-0.2, -0.15) is 0 Å². The zero-order valence-corrected chi connectivity index (χ0v) is 13.1. The van der Waals surface area contributed by atoms with Crippen molar-refractivity contribution in [3.8, 4) is 11.3 Å². The first kappa shape index (κ1) is 13.9. The highest BCUT2D eigenvalue weighted by Gasteiger charge is 2.33. The van der Waals surface area contributed by atoms with Crippen molar-refractivity contribution >= 4 is 0 Å². The van der Waals surface area contributed by atoms with Gasteiger partial charge >= 0.3 is 0 Å². The highest BCUT2D eigenvalue weighted by Crippen LogP contribution is 2.43. The lowest BCUT2D eigenvalue weighted by Gasteiger charge is -2.29. The Labute approximate surface area is 131 Å². The number of rotatable bonds is 3. The van der Waals surface area contributed by atoms with Gasteiger partial charge in [0.25, 0.3) is 0 Å². The molecule has 0 spiro atoms. The topological polar surface area (TPSA) is 50.9 Å². The molecule has 2 atom stereocenters. The number of hydrogen-bond donors (Lipinski definition) is 1. The first-order valence-electron chi connectivity index (χ1n) is 8.42. The number of aryl methyl sites for hydroxylation is 1. The number of nitrogens with zero attached hydrogens (tertiary/aromatic N) is 3. The third-order valence-corrected chi connectivity index (χ3v) is 5.44. The summed E-state index contributed by atoms with van der Waals surface area (Å²) in [5, 5.41) is 10.8. The SMILES string of the molecule is Cc1ncc2n1C(CC(O)C1CCCCC1)c1ccncc1-2. The Morgan fingerprint density at radius 1 is 1.27 bits per heavy atom. The average Bonchev–Trinajstić information content (AvgIpc) is 3.08. The maximum atomic E-state index is 10.8. The van der Waals surface area contributed by atoms with Crippen LogP contribution in [0.5, 0.6) is 0 Å². The minimum Gasteiger partial charge on any atom is -0.393 e. The number of aromatic nitrogens is 3.